The van der Waals surface area contributed by atoms with Gasteiger partial charge in [-0.2, -0.15) is 13.7 Å². The van der Waals surface area contributed by atoms with Crippen LogP contribution in [0.2, 0.25) is 0 Å². The molecule has 3 aromatic heterocycles. The fourth-order valence-corrected chi connectivity index (χ4v) is 12.6. The SMILES string of the molecule is CCCC(C(=O)[O-])N(CCN(CC(=O)[O-])CC(=O)[O-])CC(=O)[O-].CC[n+]1c(-c2ccccc2)c2cc(N)ccc2c2ccc(N)cc21.CC[n+]1c(-c2ccccc2)c2cc(N)ccc2c2ccc(N)cc21.CC[n+]1c(-c2ccccc2)c2cc(N)ccc2c2ccc(N)cc21.[Fe+3]. The molecule has 0 aliphatic rings. The molecule has 0 aliphatic heterocycles. The molecule has 12 aromatic rings. The summed E-state index contributed by atoms with van der Waals surface area (Å²) < 4.78 is 6.97. The number of carboxylic acid groups (broad SMARTS) is 4. The van der Waals surface area contributed by atoms with E-state index in [1.54, 1.807) is 6.92 Å². The number of carboxylic acids is 4. The van der Waals surface area contributed by atoms with Crippen LogP contribution in [-0.2, 0) is 55.9 Å². The molecular formula is C76H78FeN11O8+2. The van der Waals surface area contributed by atoms with Gasteiger partial charge in [-0.1, -0.05) is 86.1 Å². The smallest absolute Gasteiger partial charge is 0.549 e. The number of nitrogen functional groups attached to an aromatic ring is 6. The van der Waals surface area contributed by atoms with E-state index in [9.17, 15) is 39.6 Å². The van der Waals surface area contributed by atoms with Crippen molar-refractivity contribution in [3.8, 4) is 33.8 Å². The topological polar surface area (TPSA) is 335 Å². The number of hydrogen-bond donors (Lipinski definition) is 6. The number of carbonyl (C=O) groups is 4. The van der Waals surface area contributed by atoms with E-state index >= 15 is 0 Å². The number of pyridine rings is 3. The minimum atomic E-state index is -1.53. The monoisotopic (exact) mass is 1330 g/mol. The van der Waals surface area contributed by atoms with Crippen LogP contribution in [0.15, 0.2) is 200 Å². The minimum absolute atomic E-state index is 0. The molecule has 491 valence electrons. The first-order valence-corrected chi connectivity index (χ1v) is 31.5. The molecule has 0 spiro atoms. The van der Waals surface area contributed by atoms with E-state index in [0.29, 0.717) is 6.42 Å². The van der Waals surface area contributed by atoms with E-state index in [1.807, 2.05) is 54.6 Å². The Labute approximate surface area is 567 Å². The number of anilines is 6. The maximum atomic E-state index is 11.1. The third kappa shape index (κ3) is 16.4. The van der Waals surface area contributed by atoms with Crippen LogP contribution in [0, 0.1) is 0 Å². The number of benzene rings is 9. The zero-order chi connectivity index (χ0) is 68.0. The van der Waals surface area contributed by atoms with Gasteiger partial charge in [-0.15, -0.1) is 0 Å². The number of fused-ring (bicyclic) bond motifs is 9. The normalized spacial score (nSPS) is 11.4. The summed E-state index contributed by atoms with van der Waals surface area (Å²) >= 11 is 0. The van der Waals surface area contributed by atoms with E-state index in [2.05, 4.69) is 180 Å². The number of carbonyl (C=O) groups excluding carboxylic acids is 4. The second-order valence-electron chi connectivity index (χ2n) is 23.0. The van der Waals surface area contributed by atoms with Crippen LogP contribution in [0.1, 0.15) is 40.5 Å². The second kappa shape index (κ2) is 32.3. The number of rotatable bonds is 19. The Hall–Kier alpha value is -10.9. The Morgan fingerprint density at radius 3 is 0.906 bits per heavy atom. The fraction of sp³-hybridized carbons (Fsp3) is 0.197. The maximum absolute atomic E-state index is 11.1. The van der Waals surface area contributed by atoms with Crippen LogP contribution < -0.4 is 68.5 Å². The molecule has 0 saturated heterocycles. The first-order valence-electron chi connectivity index (χ1n) is 31.5. The van der Waals surface area contributed by atoms with Gasteiger partial charge in [0.2, 0.25) is 33.6 Å². The van der Waals surface area contributed by atoms with Crippen molar-refractivity contribution in [3.05, 3.63) is 200 Å². The number of aryl methyl sites for hydroxylation is 3. The van der Waals surface area contributed by atoms with Crippen molar-refractivity contribution in [3.63, 3.8) is 0 Å². The number of hydrogen-bond acceptors (Lipinski definition) is 16. The third-order valence-corrected chi connectivity index (χ3v) is 16.6. The van der Waals surface area contributed by atoms with Gasteiger partial charge in [-0.05, 0) is 136 Å². The Kier molecular flexibility index (Phi) is 23.9. The van der Waals surface area contributed by atoms with E-state index in [-0.39, 0.29) is 36.6 Å². The van der Waals surface area contributed by atoms with E-state index in [0.717, 1.165) is 80.1 Å². The standard InChI is InChI=1S/3C21H19N3.C13H22N2O8.Fe/c3*1-2-24-20-13-16(23)9-11-18(20)17-10-8-15(22)12-19(17)21(24)14-6-4-3-5-7-14;1-2-3-9(13(22)23)15(8-12(20)21)5-4-14(6-10(16)17)7-11(18)19;/h3*3-13,23H,2,22H2,1H3;9H,2-8H2,1H3,(H,16,17)(H,18,19)(H,20,21)(H,22,23);/q;;;;+3/p-1. The number of nitrogens with two attached hydrogens (primary N) is 6. The molecule has 0 aliphatic carbocycles. The number of aliphatic carboxylic acids is 4. The van der Waals surface area contributed by atoms with Crippen molar-refractivity contribution < 1.29 is 70.4 Å². The summed E-state index contributed by atoms with van der Waals surface area (Å²) in [6.07, 6.45) is 0.570. The van der Waals surface area contributed by atoms with Gasteiger partial charge in [0.15, 0.2) is 0 Å². The predicted molar refractivity (Wildman–Crippen MR) is 371 cm³/mol. The Balaban J connectivity index is 0.000000163. The summed E-state index contributed by atoms with van der Waals surface area (Å²) in [5.41, 5.74) is 51.7. The van der Waals surface area contributed by atoms with Crippen molar-refractivity contribution in [1.82, 2.24) is 9.80 Å². The average Bonchev–Trinajstić information content (AvgIpc) is 0.759. The molecule has 1 unspecified atom stereocenters. The Morgan fingerprint density at radius 1 is 0.365 bits per heavy atom. The first-order chi connectivity index (χ1) is 45.7. The summed E-state index contributed by atoms with van der Waals surface area (Å²) in [5.74, 6) is -6.04. The summed E-state index contributed by atoms with van der Waals surface area (Å²) in [6.45, 7) is 8.21. The van der Waals surface area contributed by atoms with Crippen LogP contribution in [0.25, 0.3) is 98.8 Å². The number of nitrogens with zero attached hydrogens (tertiary/aromatic N) is 5. The van der Waals surface area contributed by atoms with Crippen LogP contribution in [0.3, 0.4) is 0 Å². The molecule has 9 aromatic carbocycles. The van der Waals surface area contributed by atoms with Gasteiger partial charge in [0.1, 0.15) is 19.6 Å². The zero-order valence-corrected chi connectivity index (χ0v) is 55.1. The molecule has 12 rings (SSSR count). The zero-order valence-electron chi connectivity index (χ0n) is 54.0. The largest absolute Gasteiger partial charge is 3.00 e. The quantitative estimate of drug-likeness (QED) is 0.0229. The van der Waals surface area contributed by atoms with Crippen molar-refractivity contribution in [2.24, 2.45) is 0 Å². The van der Waals surface area contributed by atoms with Crippen molar-refractivity contribution in [2.45, 2.75) is 66.2 Å². The van der Waals surface area contributed by atoms with Crippen molar-refractivity contribution >= 4 is 123 Å². The molecule has 0 saturated carbocycles. The fourth-order valence-electron chi connectivity index (χ4n) is 12.6. The van der Waals surface area contributed by atoms with Crippen LogP contribution in [0.4, 0.5) is 34.1 Å². The molecule has 96 heavy (non-hydrogen) atoms. The Bertz CT molecular complexity index is 4360. The second-order valence-corrected chi connectivity index (χ2v) is 23.0. The summed E-state index contributed by atoms with van der Waals surface area (Å²) in [5, 5.41) is 53.7. The molecule has 3 heterocycles. The summed E-state index contributed by atoms with van der Waals surface area (Å²) in [4.78, 5) is 45.0. The van der Waals surface area contributed by atoms with Gasteiger partial charge >= 0.3 is 17.1 Å². The van der Waals surface area contributed by atoms with Crippen LogP contribution in [-0.4, -0.2) is 72.4 Å². The van der Waals surface area contributed by atoms with Gasteiger partial charge in [-0.3, -0.25) is 9.80 Å². The molecular weight excluding hydrogens is 1250 g/mol. The van der Waals surface area contributed by atoms with Crippen LogP contribution in [0.5, 0.6) is 0 Å². The van der Waals surface area contributed by atoms with Gasteiger partial charge in [-0.25, -0.2) is 0 Å². The minimum Gasteiger partial charge on any atom is -0.549 e. The van der Waals surface area contributed by atoms with Crippen molar-refractivity contribution in [2.75, 3.05) is 67.1 Å². The van der Waals surface area contributed by atoms with Crippen molar-refractivity contribution in [1.29, 1.82) is 0 Å². The summed E-state index contributed by atoms with van der Waals surface area (Å²) in [6, 6.07) is 66.9. The first kappa shape index (κ1) is 71.0. The molecule has 1 radical (unpaired) electrons. The maximum Gasteiger partial charge on any atom is 3.00 e. The molecule has 0 fully saturated rings. The van der Waals surface area contributed by atoms with Gasteiger partial charge in [0.05, 0.1) is 56.2 Å². The van der Waals surface area contributed by atoms with Gasteiger partial charge < -0.3 is 74.0 Å². The van der Waals surface area contributed by atoms with Gasteiger partial charge in [0.25, 0.3) is 0 Å². The Morgan fingerprint density at radius 2 is 0.646 bits per heavy atom. The molecule has 20 heteroatoms. The van der Waals surface area contributed by atoms with Gasteiger partial charge in [0, 0.05) is 124 Å². The molecule has 19 nitrogen and oxygen atoms in total. The van der Waals surface area contributed by atoms with E-state index in [1.165, 1.54) is 82.2 Å². The average molecular weight is 1330 g/mol. The third-order valence-electron chi connectivity index (χ3n) is 16.6. The molecule has 0 bridgehead atoms. The molecule has 0 amide bonds. The predicted octanol–water partition coefficient (Wildman–Crippen LogP) is 6.15. The van der Waals surface area contributed by atoms with E-state index < -0.39 is 49.6 Å². The number of aromatic nitrogens is 3. The van der Waals surface area contributed by atoms with E-state index in [4.69, 9.17) is 34.4 Å². The van der Waals surface area contributed by atoms with Crippen LogP contribution >= 0.6 is 0 Å². The summed E-state index contributed by atoms with van der Waals surface area (Å²) in [7, 11) is 0. The molecule has 1 atom stereocenters. The molecule has 12 N–H and O–H groups in total.